The quantitative estimate of drug-likeness (QED) is 0.881. The van der Waals surface area contributed by atoms with Crippen LogP contribution in [0.5, 0.6) is 0 Å². The number of nitrogens with one attached hydrogen (secondary N) is 2. The molecule has 2 aromatic rings. The van der Waals surface area contributed by atoms with Crippen LogP contribution in [-0.4, -0.2) is 16.5 Å². The summed E-state index contributed by atoms with van der Waals surface area (Å²) in [6, 6.07) is 8.65. The highest BCUT2D eigenvalue weighted by atomic mass is 16.1. The molecule has 4 nitrogen and oxygen atoms in total. The second-order valence-corrected chi connectivity index (χ2v) is 4.92. The molecule has 3 rings (SSSR count). The maximum Gasteiger partial charge on any atom is 0.290 e. The van der Waals surface area contributed by atoms with Gasteiger partial charge in [-0.05, 0) is 36.3 Å². The normalized spacial score (nSPS) is 17.2. The highest BCUT2D eigenvalue weighted by molar-refractivity contribution is 5.35. The van der Waals surface area contributed by atoms with Crippen LogP contribution in [0.15, 0.2) is 41.5 Å². The van der Waals surface area contributed by atoms with Crippen molar-refractivity contribution in [3.8, 4) is 0 Å². The van der Waals surface area contributed by atoms with Crippen LogP contribution in [0.1, 0.15) is 29.9 Å². The molecule has 1 heterocycles. The number of aryl methyl sites for hydroxylation is 1. The van der Waals surface area contributed by atoms with E-state index in [1.165, 1.54) is 24.0 Å². The summed E-state index contributed by atoms with van der Waals surface area (Å²) >= 11 is 0. The minimum absolute atomic E-state index is 0.158. The molecule has 4 heteroatoms. The SMILES string of the molecule is O=c1[nH]ccnc1NCCC1CCc2ccccc21. The van der Waals surface area contributed by atoms with E-state index < -0.39 is 0 Å². The van der Waals surface area contributed by atoms with E-state index in [0.29, 0.717) is 11.7 Å². The van der Waals surface area contributed by atoms with Crippen molar-refractivity contribution in [3.63, 3.8) is 0 Å². The Hall–Kier alpha value is -2.10. The molecule has 0 radical (unpaired) electrons. The molecule has 19 heavy (non-hydrogen) atoms. The van der Waals surface area contributed by atoms with Gasteiger partial charge in [-0.2, -0.15) is 0 Å². The molecule has 0 bridgehead atoms. The van der Waals surface area contributed by atoms with Gasteiger partial charge >= 0.3 is 0 Å². The first-order chi connectivity index (χ1) is 9.34. The number of benzene rings is 1. The monoisotopic (exact) mass is 255 g/mol. The van der Waals surface area contributed by atoms with Gasteiger partial charge in [0.05, 0.1) is 0 Å². The Morgan fingerprint density at radius 2 is 2.26 bits per heavy atom. The van der Waals surface area contributed by atoms with Crippen molar-refractivity contribution in [2.24, 2.45) is 0 Å². The Morgan fingerprint density at radius 3 is 3.16 bits per heavy atom. The fourth-order valence-electron chi connectivity index (χ4n) is 2.79. The van der Waals surface area contributed by atoms with E-state index in [0.717, 1.165) is 13.0 Å². The zero-order valence-electron chi connectivity index (χ0n) is 10.7. The van der Waals surface area contributed by atoms with E-state index in [9.17, 15) is 4.79 Å². The molecule has 1 aliphatic rings. The molecule has 2 N–H and O–H groups in total. The zero-order valence-corrected chi connectivity index (χ0v) is 10.7. The highest BCUT2D eigenvalue weighted by Crippen LogP contribution is 2.34. The Labute approximate surface area is 111 Å². The largest absolute Gasteiger partial charge is 0.365 e. The molecule has 0 saturated heterocycles. The van der Waals surface area contributed by atoms with Crippen molar-refractivity contribution >= 4 is 5.82 Å². The van der Waals surface area contributed by atoms with Crippen molar-refractivity contribution in [3.05, 3.63) is 58.1 Å². The molecule has 1 unspecified atom stereocenters. The third-order valence-electron chi connectivity index (χ3n) is 3.75. The molecular formula is C15H17N3O. The van der Waals surface area contributed by atoms with Gasteiger partial charge in [0.1, 0.15) is 0 Å². The molecule has 1 aromatic carbocycles. The molecule has 1 aliphatic carbocycles. The molecule has 0 fully saturated rings. The Kier molecular flexibility index (Phi) is 3.31. The van der Waals surface area contributed by atoms with Gasteiger partial charge in [-0.15, -0.1) is 0 Å². The van der Waals surface area contributed by atoms with E-state index in [1.807, 2.05) is 0 Å². The topological polar surface area (TPSA) is 57.8 Å². The van der Waals surface area contributed by atoms with Gasteiger partial charge in [0.15, 0.2) is 5.82 Å². The van der Waals surface area contributed by atoms with Crippen LogP contribution in [0.25, 0.3) is 0 Å². The van der Waals surface area contributed by atoms with Gasteiger partial charge in [0.25, 0.3) is 5.56 Å². The lowest BCUT2D eigenvalue weighted by molar-refractivity contribution is 0.637. The summed E-state index contributed by atoms with van der Waals surface area (Å²) in [5.74, 6) is 1.01. The molecule has 1 atom stereocenters. The lowest BCUT2D eigenvalue weighted by Gasteiger charge is -2.12. The first-order valence-electron chi connectivity index (χ1n) is 6.70. The lowest BCUT2D eigenvalue weighted by Crippen LogP contribution is -2.17. The van der Waals surface area contributed by atoms with E-state index in [1.54, 1.807) is 12.4 Å². The fourth-order valence-corrected chi connectivity index (χ4v) is 2.79. The van der Waals surface area contributed by atoms with Crippen molar-refractivity contribution in [1.29, 1.82) is 0 Å². The molecule has 98 valence electrons. The number of fused-ring (bicyclic) bond motifs is 1. The van der Waals surface area contributed by atoms with Crippen molar-refractivity contribution in [1.82, 2.24) is 9.97 Å². The first kappa shape index (κ1) is 12.0. The van der Waals surface area contributed by atoms with Crippen molar-refractivity contribution < 1.29 is 0 Å². The van der Waals surface area contributed by atoms with Gasteiger partial charge in [0.2, 0.25) is 0 Å². The van der Waals surface area contributed by atoms with E-state index in [2.05, 4.69) is 39.6 Å². The minimum Gasteiger partial charge on any atom is -0.365 e. The maximum atomic E-state index is 11.5. The molecular weight excluding hydrogens is 238 g/mol. The fraction of sp³-hybridized carbons (Fsp3) is 0.333. The Balaban J connectivity index is 1.60. The summed E-state index contributed by atoms with van der Waals surface area (Å²) in [5.41, 5.74) is 2.79. The second-order valence-electron chi connectivity index (χ2n) is 4.92. The lowest BCUT2D eigenvalue weighted by atomic mass is 9.98. The van der Waals surface area contributed by atoms with Crippen LogP contribution in [0.3, 0.4) is 0 Å². The smallest absolute Gasteiger partial charge is 0.290 e. The number of aromatic amines is 1. The summed E-state index contributed by atoms with van der Waals surface area (Å²) in [7, 11) is 0. The van der Waals surface area contributed by atoms with Gasteiger partial charge in [-0.3, -0.25) is 4.79 Å². The van der Waals surface area contributed by atoms with Crippen LogP contribution in [-0.2, 0) is 6.42 Å². The number of anilines is 1. The first-order valence-corrected chi connectivity index (χ1v) is 6.70. The predicted molar refractivity (Wildman–Crippen MR) is 75.5 cm³/mol. The van der Waals surface area contributed by atoms with Crippen LogP contribution < -0.4 is 10.9 Å². The van der Waals surface area contributed by atoms with E-state index in [-0.39, 0.29) is 5.56 Å². The van der Waals surface area contributed by atoms with Crippen molar-refractivity contribution in [2.45, 2.75) is 25.2 Å². The molecule has 0 saturated carbocycles. The third kappa shape index (κ3) is 2.52. The second kappa shape index (κ2) is 5.26. The van der Waals surface area contributed by atoms with E-state index >= 15 is 0 Å². The third-order valence-corrected chi connectivity index (χ3v) is 3.75. The van der Waals surface area contributed by atoms with Gasteiger partial charge in [-0.1, -0.05) is 24.3 Å². The summed E-state index contributed by atoms with van der Waals surface area (Å²) in [5, 5.41) is 3.12. The molecule has 0 spiro atoms. The minimum atomic E-state index is -0.158. The summed E-state index contributed by atoms with van der Waals surface area (Å²) in [6.07, 6.45) is 6.55. The molecule has 0 aliphatic heterocycles. The van der Waals surface area contributed by atoms with Gasteiger partial charge in [0, 0.05) is 18.9 Å². The zero-order chi connectivity index (χ0) is 13.1. The van der Waals surface area contributed by atoms with Gasteiger partial charge < -0.3 is 10.3 Å². The van der Waals surface area contributed by atoms with Crippen molar-refractivity contribution in [2.75, 3.05) is 11.9 Å². The number of hydrogen-bond donors (Lipinski definition) is 2. The van der Waals surface area contributed by atoms with Crippen LogP contribution in [0.2, 0.25) is 0 Å². The number of H-pyrrole nitrogens is 1. The Bertz CT molecular complexity index is 621. The van der Waals surface area contributed by atoms with Crippen LogP contribution in [0.4, 0.5) is 5.82 Å². The average Bonchev–Trinajstić information content (AvgIpc) is 2.85. The summed E-state index contributed by atoms with van der Waals surface area (Å²) in [4.78, 5) is 18.1. The number of rotatable bonds is 4. The van der Waals surface area contributed by atoms with E-state index in [4.69, 9.17) is 0 Å². The maximum absolute atomic E-state index is 11.5. The number of aromatic nitrogens is 2. The standard InChI is InChI=1S/C15H17N3O/c19-15-14(17-9-10-18-15)16-8-7-12-6-5-11-3-1-2-4-13(11)12/h1-4,9-10,12H,5-8H2,(H,16,17)(H,18,19). The number of hydrogen-bond acceptors (Lipinski definition) is 3. The van der Waals surface area contributed by atoms with Crippen LogP contribution >= 0.6 is 0 Å². The summed E-state index contributed by atoms with van der Waals surface area (Å²) in [6.45, 7) is 0.777. The average molecular weight is 255 g/mol. The van der Waals surface area contributed by atoms with Gasteiger partial charge in [-0.25, -0.2) is 4.98 Å². The van der Waals surface area contributed by atoms with Crippen LogP contribution in [0, 0.1) is 0 Å². The number of nitrogens with zero attached hydrogens (tertiary/aromatic N) is 1. The molecule has 1 aromatic heterocycles. The predicted octanol–water partition coefficient (Wildman–Crippen LogP) is 2.30. The Morgan fingerprint density at radius 1 is 1.37 bits per heavy atom. The highest BCUT2D eigenvalue weighted by Gasteiger charge is 2.21. The summed E-state index contributed by atoms with van der Waals surface area (Å²) < 4.78 is 0. The molecule has 0 amide bonds.